The molecule has 0 spiro atoms. The molecule has 0 aromatic heterocycles. The second-order valence-electron chi connectivity index (χ2n) is 1.92. The number of carbonyl (C=O) groups is 2. The van der Waals surface area contributed by atoms with Crippen LogP contribution in [0.1, 0.15) is 20.8 Å². The van der Waals surface area contributed by atoms with Gasteiger partial charge in [0.05, 0.1) is 5.76 Å². The van der Waals surface area contributed by atoms with Crippen molar-refractivity contribution in [2.75, 3.05) is 0 Å². The summed E-state index contributed by atoms with van der Waals surface area (Å²) >= 11 is 0. The Kier molecular flexibility index (Phi) is 14.7. The summed E-state index contributed by atoms with van der Waals surface area (Å²) in [5, 5.41) is 15.8. The van der Waals surface area contributed by atoms with Crippen molar-refractivity contribution in [2.45, 2.75) is 20.8 Å². The molecule has 1 radical (unpaired) electrons. The number of carboxylic acids is 1. The van der Waals surface area contributed by atoms with E-state index in [2.05, 4.69) is 0 Å². The molecule has 0 fully saturated rings. The summed E-state index contributed by atoms with van der Waals surface area (Å²) in [4.78, 5) is 19.0. The fourth-order valence-corrected chi connectivity index (χ4v) is 0.294. The molecule has 0 unspecified atom stereocenters. The monoisotopic (exact) mass is 223 g/mol. The van der Waals surface area contributed by atoms with Gasteiger partial charge >= 0.3 is 0 Å². The number of hydrogen-bond donors (Lipinski definition) is 2. The second kappa shape index (κ2) is 10.2. The smallest absolute Gasteiger partial charge is 0.300 e. The molecule has 2 N–H and O–H groups in total. The van der Waals surface area contributed by atoms with Crippen LogP contribution in [0, 0.1) is 0 Å². The average Bonchev–Trinajstić information content (AvgIpc) is 1.56. The standard InChI is InChI=1S/C5H8O2.C2H4O2.Cu/c1-4(6)3-5(2)7;1-2(3)4;/h3,6H,1-2H3;1H3,(H,3,4);/b4-3-;;. The molecule has 0 atom stereocenters. The number of aliphatic carboxylic acids is 1. The number of allylic oxidation sites excluding steroid dienone is 2. The van der Waals surface area contributed by atoms with E-state index >= 15 is 0 Å². The molecule has 5 heteroatoms. The van der Waals surface area contributed by atoms with Crippen LogP contribution < -0.4 is 0 Å². The zero-order valence-electron chi connectivity index (χ0n) is 7.09. The summed E-state index contributed by atoms with van der Waals surface area (Å²) in [7, 11) is 0. The van der Waals surface area contributed by atoms with Gasteiger partial charge in [-0.2, -0.15) is 0 Å². The van der Waals surface area contributed by atoms with Gasteiger partial charge in [-0.05, 0) is 13.8 Å². The molecule has 0 saturated heterocycles. The molecule has 0 aromatic carbocycles. The van der Waals surface area contributed by atoms with Crippen molar-refractivity contribution >= 4 is 11.8 Å². The van der Waals surface area contributed by atoms with Crippen molar-refractivity contribution in [3.63, 3.8) is 0 Å². The summed E-state index contributed by atoms with van der Waals surface area (Å²) in [5.41, 5.74) is 0. The molecule has 4 nitrogen and oxygen atoms in total. The van der Waals surface area contributed by atoms with Gasteiger partial charge in [0.15, 0.2) is 5.78 Å². The largest absolute Gasteiger partial charge is 0.512 e. The first kappa shape index (κ1) is 17.3. The molecule has 0 amide bonds. The van der Waals surface area contributed by atoms with Crippen LogP contribution in [0.25, 0.3) is 0 Å². The van der Waals surface area contributed by atoms with Crippen molar-refractivity contribution in [1.29, 1.82) is 0 Å². The third-order valence-corrected chi connectivity index (χ3v) is 0.412. The first-order valence-corrected chi connectivity index (χ1v) is 2.93. The summed E-state index contributed by atoms with van der Waals surface area (Å²) in [5.74, 6) is -0.896. The van der Waals surface area contributed by atoms with E-state index in [9.17, 15) is 4.79 Å². The number of aliphatic hydroxyl groups excluding tert-OH is 1. The molecule has 12 heavy (non-hydrogen) atoms. The van der Waals surface area contributed by atoms with Gasteiger partial charge in [-0.15, -0.1) is 0 Å². The van der Waals surface area contributed by atoms with Crippen molar-refractivity contribution in [3.8, 4) is 0 Å². The maximum Gasteiger partial charge on any atom is 0.300 e. The summed E-state index contributed by atoms with van der Waals surface area (Å²) < 4.78 is 0. The average molecular weight is 224 g/mol. The van der Waals surface area contributed by atoms with E-state index in [0.717, 1.165) is 6.92 Å². The van der Waals surface area contributed by atoms with Gasteiger partial charge in [0.25, 0.3) is 5.97 Å². The third-order valence-electron chi connectivity index (χ3n) is 0.412. The molecule has 0 aliphatic heterocycles. The van der Waals surface area contributed by atoms with Gasteiger partial charge in [-0.25, -0.2) is 0 Å². The van der Waals surface area contributed by atoms with Crippen LogP contribution in [0.4, 0.5) is 0 Å². The van der Waals surface area contributed by atoms with Crippen LogP contribution in [0.5, 0.6) is 0 Å². The zero-order valence-corrected chi connectivity index (χ0v) is 8.03. The molecule has 0 heterocycles. The Balaban J connectivity index is -0.000000142. The number of rotatable bonds is 1. The molecule has 0 aliphatic carbocycles. The van der Waals surface area contributed by atoms with E-state index in [4.69, 9.17) is 15.0 Å². The van der Waals surface area contributed by atoms with Crippen molar-refractivity contribution in [2.24, 2.45) is 0 Å². The predicted molar refractivity (Wildman–Crippen MR) is 40.4 cm³/mol. The van der Waals surface area contributed by atoms with Crippen molar-refractivity contribution in [3.05, 3.63) is 11.8 Å². The van der Waals surface area contributed by atoms with E-state index < -0.39 is 5.97 Å². The SMILES string of the molecule is CC(=O)/C=C(/C)O.CC(=O)O.[Cu]. The van der Waals surface area contributed by atoms with Crippen LogP contribution in [-0.2, 0) is 26.7 Å². The predicted octanol–water partition coefficient (Wildman–Crippen LogP) is 1.13. The van der Waals surface area contributed by atoms with E-state index in [-0.39, 0.29) is 28.6 Å². The minimum atomic E-state index is -0.833. The van der Waals surface area contributed by atoms with Crippen LogP contribution >= 0.6 is 0 Å². The third kappa shape index (κ3) is 60.4. The quantitative estimate of drug-likeness (QED) is 0.397. The summed E-state index contributed by atoms with van der Waals surface area (Å²) in [6.07, 6.45) is 1.17. The van der Waals surface area contributed by atoms with Crippen LogP contribution in [0.3, 0.4) is 0 Å². The fraction of sp³-hybridized carbons (Fsp3) is 0.429. The number of ketones is 1. The topological polar surface area (TPSA) is 74.6 Å². The molecule has 0 saturated carbocycles. The van der Waals surface area contributed by atoms with E-state index in [1.807, 2.05) is 0 Å². The molecule has 0 aromatic rings. The fourth-order valence-electron chi connectivity index (χ4n) is 0.294. The van der Waals surface area contributed by atoms with Crippen LogP contribution in [0.15, 0.2) is 11.8 Å². The first-order valence-electron chi connectivity index (χ1n) is 2.93. The van der Waals surface area contributed by atoms with Crippen LogP contribution in [-0.4, -0.2) is 22.0 Å². The van der Waals surface area contributed by atoms with Gasteiger partial charge in [0.2, 0.25) is 0 Å². The van der Waals surface area contributed by atoms with Gasteiger partial charge in [0.1, 0.15) is 0 Å². The van der Waals surface area contributed by atoms with Gasteiger partial charge < -0.3 is 10.2 Å². The van der Waals surface area contributed by atoms with E-state index in [1.165, 1.54) is 19.9 Å². The molecule has 0 bridgehead atoms. The van der Waals surface area contributed by atoms with Gasteiger partial charge in [-0.3, -0.25) is 9.59 Å². The number of aliphatic hydroxyl groups is 1. The number of hydrogen-bond acceptors (Lipinski definition) is 3. The Morgan fingerprint density at radius 3 is 1.33 bits per heavy atom. The van der Waals surface area contributed by atoms with Crippen molar-refractivity contribution < 1.29 is 36.9 Å². The molecule has 0 rings (SSSR count). The van der Waals surface area contributed by atoms with Crippen molar-refractivity contribution in [1.82, 2.24) is 0 Å². The van der Waals surface area contributed by atoms with E-state index in [1.54, 1.807) is 0 Å². The minimum Gasteiger partial charge on any atom is -0.512 e. The minimum absolute atomic E-state index is 0. The maximum atomic E-state index is 10.0. The molecular weight excluding hydrogens is 212 g/mol. The molecular formula is C7H12CuO4. The Morgan fingerprint density at radius 2 is 1.33 bits per heavy atom. The first-order chi connectivity index (χ1) is 4.86. The van der Waals surface area contributed by atoms with Crippen LogP contribution in [0.2, 0.25) is 0 Å². The van der Waals surface area contributed by atoms with Gasteiger partial charge in [-0.1, -0.05) is 0 Å². The Morgan fingerprint density at radius 1 is 1.08 bits per heavy atom. The maximum absolute atomic E-state index is 10.0. The Bertz CT molecular complexity index is 166. The normalized spacial score (nSPS) is 8.75. The number of carboxylic acid groups (broad SMARTS) is 1. The van der Waals surface area contributed by atoms with Gasteiger partial charge in [0, 0.05) is 30.1 Å². The Labute approximate surface area is 81.8 Å². The second-order valence-corrected chi connectivity index (χ2v) is 1.92. The summed E-state index contributed by atoms with van der Waals surface area (Å²) in [6.45, 7) is 3.93. The number of carbonyl (C=O) groups excluding carboxylic acids is 1. The van der Waals surface area contributed by atoms with E-state index in [0.29, 0.717) is 0 Å². The zero-order chi connectivity index (χ0) is 9.44. The Hall–Kier alpha value is -0.801. The molecule has 75 valence electrons. The summed E-state index contributed by atoms with van der Waals surface area (Å²) in [6, 6.07) is 0. The molecule has 0 aliphatic rings.